The highest BCUT2D eigenvalue weighted by Crippen LogP contribution is 2.45. The summed E-state index contributed by atoms with van der Waals surface area (Å²) in [6.45, 7) is 2.35. The van der Waals surface area contributed by atoms with E-state index in [1.165, 1.54) is 51.4 Å². The van der Waals surface area contributed by atoms with Gasteiger partial charge >= 0.3 is 33.6 Å². The number of unbranched alkanes of at least 4 members (excludes halogenated alkanes) is 19. The molecule has 0 aromatic heterocycles. The van der Waals surface area contributed by atoms with Gasteiger partial charge in [-0.15, -0.1) is 0 Å². The molecule has 0 saturated heterocycles. The molecule has 0 heterocycles. The summed E-state index contributed by atoms with van der Waals surface area (Å²) >= 11 is 0. The van der Waals surface area contributed by atoms with E-state index in [1.54, 1.807) is 0 Å². The van der Waals surface area contributed by atoms with Crippen molar-refractivity contribution in [1.29, 1.82) is 0 Å². The predicted molar refractivity (Wildman–Crippen MR) is 371 cm³/mol. The Morgan fingerprint density at radius 2 is 0.582 bits per heavy atom. The third kappa shape index (κ3) is 66.9. The van der Waals surface area contributed by atoms with Crippen LogP contribution in [0.15, 0.2) is 134 Å². The van der Waals surface area contributed by atoms with E-state index in [2.05, 4.69) is 154 Å². The van der Waals surface area contributed by atoms with Crippen molar-refractivity contribution >= 4 is 33.6 Å². The summed E-state index contributed by atoms with van der Waals surface area (Å²) in [5.41, 5.74) is 0. The first-order chi connectivity index (χ1) is 44.2. The van der Waals surface area contributed by atoms with Crippen LogP contribution in [0.2, 0.25) is 0 Å². The van der Waals surface area contributed by atoms with Crippen LogP contribution >= 0.6 is 15.6 Å². The number of phosphoric ester groups is 2. The highest BCUT2D eigenvalue weighted by atomic mass is 31.2. The first kappa shape index (κ1) is 86.7. The molecule has 0 spiro atoms. The largest absolute Gasteiger partial charge is 0.472 e. The summed E-state index contributed by atoms with van der Waals surface area (Å²) in [4.78, 5) is 58.4. The Kier molecular flexibility index (Phi) is 62.6. The van der Waals surface area contributed by atoms with Crippen LogP contribution < -0.4 is 0 Å². The molecule has 0 radical (unpaired) electrons. The molecule has 0 saturated carbocycles. The number of rotatable bonds is 64. The fraction of sp³-hybridized carbons (Fsp3) is 0.658. The van der Waals surface area contributed by atoms with Gasteiger partial charge in [0.05, 0.1) is 26.4 Å². The quantitative estimate of drug-likeness (QED) is 0.0146. The number of carbonyl (C=O) groups is 3. The van der Waals surface area contributed by atoms with Crippen LogP contribution in [0, 0.1) is 0 Å². The molecule has 0 amide bonds. The first-order valence-corrected chi connectivity index (χ1v) is 37.5. The van der Waals surface area contributed by atoms with Crippen LogP contribution in [0.3, 0.4) is 0 Å². The van der Waals surface area contributed by atoms with Gasteiger partial charge in [-0.3, -0.25) is 32.5 Å². The zero-order valence-corrected chi connectivity index (χ0v) is 58.0. The predicted octanol–water partition coefficient (Wildman–Crippen LogP) is 19.2. The maximum absolute atomic E-state index is 12.9. The molecule has 0 aliphatic rings. The van der Waals surface area contributed by atoms with Crippen LogP contribution in [0.1, 0.15) is 252 Å². The molecule has 5 atom stereocenters. The summed E-state index contributed by atoms with van der Waals surface area (Å²) in [5.74, 6) is -1.64. The summed E-state index contributed by atoms with van der Waals surface area (Å²) < 4.78 is 60.8. The van der Waals surface area contributed by atoms with Crippen LogP contribution in [0.25, 0.3) is 0 Å². The van der Waals surface area contributed by atoms with Crippen molar-refractivity contribution in [3.63, 3.8) is 0 Å². The van der Waals surface area contributed by atoms with Gasteiger partial charge < -0.3 is 34.2 Å². The lowest BCUT2D eigenvalue weighted by molar-refractivity contribution is -0.161. The number of aliphatic hydroxyl groups is 2. The van der Waals surface area contributed by atoms with Gasteiger partial charge in [0, 0.05) is 19.3 Å². The van der Waals surface area contributed by atoms with Crippen molar-refractivity contribution in [3.8, 4) is 0 Å². The van der Waals surface area contributed by atoms with Gasteiger partial charge in [-0.2, -0.15) is 0 Å². The maximum Gasteiger partial charge on any atom is 0.472 e. The first-order valence-electron chi connectivity index (χ1n) is 34.5. The highest BCUT2D eigenvalue weighted by Gasteiger charge is 2.29. The van der Waals surface area contributed by atoms with Gasteiger partial charge in [-0.25, -0.2) is 9.13 Å². The van der Waals surface area contributed by atoms with E-state index in [4.69, 9.17) is 32.3 Å². The minimum Gasteiger partial charge on any atom is -0.463 e. The molecule has 0 rings (SSSR count). The Balaban J connectivity index is 4.70. The summed E-state index contributed by atoms with van der Waals surface area (Å²) in [5, 5.41) is 20.5. The van der Waals surface area contributed by atoms with Gasteiger partial charge in [-0.05, 0) is 116 Å². The fourth-order valence-corrected chi connectivity index (χ4v) is 10.2. The van der Waals surface area contributed by atoms with E-state index < -0.39 is 91.5 Å². The third-order valence-electron chi connectivity index (χ3n) is 13.9. The molecule has 520 valence electrons. The number of hydrogen-bond donors (Lipinski definition) is 4. The Hall–Kier alpha value is -4.31. The maximum atomic E-state index is 12.9. The second-order valence-corrected chi connectivity index (χ2v) is 25.5. The molecule has 5 unspecified atom stereocenters. The lowest BCUT2D eigenvalue weighted by atomic mass is 10.0. The van der Waals surface area contributed by atoms with E-state index in [-0.39, 0.29) is 19.3 Å². The monoisotopic (exact) mass is 1320 g/mol. The van der Waals surface area contributed by atoms with Gasteiger partial charge in [0.1, 0.15) is 25.4 Å². The van der Waals surface area contributed by atoms with Crippen molar-refractivity contribution < 1.29 is 75.8 Å². The van der Waals surface area contributed by atoms with Crippen LogP contribution in [0.5, 0.6) is 0 Å². The van der Waals surface area contributed by atoms with E-state index >= 15 is 0 Å². The van der Waals surface area contributed by atoms with E-state index in [0.717, 1.165) is 141 Å². The number of phosphoric acid groups is 2. The summed E-state index contributed by atoms with van der Waals surface area (Å²) in [7, 11) is -9.80. The molecule has 0 fully saturated rings. The number of esters is 3. The molecule has 91 heavy (non-hydrogen) atoms. The van der Waals surface area contributed by atoms with Crippen molar-refractivity contribution in [2.75, 3.05) is 39.6 Å². The lowest BCUT2D eigenvalue weighted by Crippen LogP contribution is -2.30. The second kappa shape index (κ2) is 65.7. The molecule has 4 N–H and O–H groups in total. The third-order valence-corrected chi connectivity index (χ3v) is 15.8. The van der Waals surface area contributed by atoms with E-state index in [1.807, 2.05) is 0 Å². The van der Waals surface area contributed by atoms with Gasteiger partial charge in [0.15, 0.2) is 6.10 Å². The van der Waals surface area contributed by atoms with Crippen molar-refractivity contribution in [3.05, 3.63) is 134 Å². The SMILES string of the molecule is CC/C=C\C/C=C\C/C=C\C/C=C\C/C=C\C/C=C\CCCCC(=O)OCC(O)COP(=O)(O)OCC(O)COP(=O)(O)OCC(COC(=O)CCCCCCC/C=C\C/C=C\C/C=C\C/C=C\C/C=C\CC)OC(=O)CCCCCCCCCCCCCCC. The fourth-order valence-electron chi connectivity index (χ4n) is 8.66. The molecule has 18 heteroatoms. The second-order valence-electron chi connectivity index (χ2n) is 22.6. The zero-order valence-electron chi connectivity index (χ0n) is 56.2. The van der Waals surface area contributed by atoms with Gasteiger partial charge in [0.25, 0.3) is 0 Å². The average molecular weight is 1320 g/mol. The summed E-state index contributed by atoms with van der Waals surface area (Å²) in [6.07, 6.45) is 76.4. The minimum atomic E-state index is -4.93. The number of carbonyl (C=O) groups excluding carboxylic acids is 3. The van der Waals surface area contributed by atoms with Gasteiger partial charge in [0.2, 0.25) is 0 Å². The normalized spacial score (nSPS) is 15.0. The molecule has 0 bridgehead atoms. The Bertz CT molecular complexity index is 2190. The standard InChI is InChI=1S/C73H122O16P2/c1-4-7-10-13-16-19-22-25-27-29-31-33-35-37-39-42-44-47-50-53-56-59-71(76)83-62-68(74)63-85-90(79,80)86-64-69(75)65-87-91(81,82)88-67-70(89-73(78)61-58-55-52-49-46-41-24-21-18-15-12-9-6-3)66-84-72(77)60-57-54-51-48-45-43-40-38-36-34-32-30-28-26-23-20-17-14-11-8-5-2/h7-8,10-11,16-17,19-20,25-28,31-34,37-40,44,47,68-70,74-75H,4-6,9,12-15,18,21-24,29-30,35-36,41-43,45-46,48-67H2,1-3H3,(H,79,80)(H,81,82)/b10-7-,11-8-,19-16-,20-17-,27-25-,28-26-,33-31-,34-32-,39-37-,40-38-,47-44-. The Morgan fingerprint density at radius 3 is 0.945 bits per heavy atom. The number of hydrogen-bond acceptors (Lipinski definition) is 14. The van der Waals surface area contributed by atoms with E-state index in [0.29, 0.717) is 19.3 Å². The number of ether oxygens (including phenoxy) is 3. The summed E-state index contributed by atoms with van der Waals surface area (Å²) in [6, 6.07) is 0. The smallest absolute Gasteiger partial charge is 0.463 e. The number of aliphatic hydroxyl groups excluding tert-OH is 2. The Labute approximate surface area is 550 Å². The minimum absolute atomic E-state index is 0.0981. The van der Waals surface area contributed by atoms with Crippen molar-refractivity contribution in [2.45, 2.75) is 270 Å². The number of allylic oxidation sites excluding steroid dienone is 22. The molecular weight excluding hydrogens is 1190 g/mol. The lowest BCUT2D eigenvalue weighted by Gasteiger charge is -2.21. The van der Waals surface area contributed by atoms with Crippen LogP contribution in [0.4, 0.5) is 0 Å². The average Bonchev–Trinajstić information content (AvgIpc) is 3.75. The molecule has 0 aromatic carbocycles. The van der Waals surface area contributed by atoms with Crippen LogP contribution in [-0.2, 0) is 55.8 Å². The highest BCUT2D eigenvalue weighted by molar-refractivity contribution is 7.47. The van der Waals surface area contributed by atoms with Crippen molar-refractivity contribution in [1.82, 2.24) is 0 Å². The topological polar surface area (TPSA) is 231 Å². The van der Waals surface area contributed by atoms with Crippen molar-refractivity contribution in [2.24, 2.45) is 0 Å². The molecule has 0 aromatic rings. The molecule has 0 aliphatic carbocycles. The van der Waals surface area contributed by atoms with E-state index in [9.17, 15) is 43.5 Å². The molecular formula is C73H122O16P2. The molecule has 16 nitrogen and oxygen atoms in total. The molecule has 0 aliphatic heterocycles. The van der Waals surface area contributed by atoms with Gasteiger partial charge in [-0.1, -0.05) is 251 Å². The Morgan fingerprint density at radius 1 is 0.319 bits per heavy atom. The van der Waals surface area contributed by atoms with Crippen LogP contribution in [-0.4, -0.2) is 95.9 Å². The zero-order chi connectivity index (χ0) is 66.7.